The van der Waals surface area contributed by atoms with Gasteiger partial charge in [-0.05, 0) is 24.8 Å². The van der Waals surface area contributed by atoms with Crippen molar-refractivity contribution in [1.29, 1.82) is 0 Å². The molecule has 0 radical (unpaired) electrons. The number of amides is 1. The zero-order valence-corrected chi connectivity index (χ0v) is 11.8. The molecule has 4 N–H and O–H groups in total. The number of nitrogens with one attached hydrogen (secondary N) is 1. The third kappa shape index (κ3) is 4.32. The summed E-state index contributed by atoms with van der Waals surface area (Å²) in [7, 11) is 0. The van der Waals surface area contributed by atoms with Crippen molar-refractivity contribution in [3.8, 4) is 0 Å². The van der Waals surface area contributed by atoms with E-state index in [1.165, 1.54) is 6.42 Å². The molecule has 1 aliphatic carbocycles. The van der Waals surface area contributed by atoms with Crippen LogP contribution in [-0.2, 0) is 11.2 Å². The fourth-order valence-electron chi connectivity index (χ4n) is 2.73. The van der Waals surface area contributed by atoms with Crippen LogP contribution in [0.3, 0.4) is 0 Å². The average Bonchev–Trinajstić information content (AvgIpc) is 2.48. The molecule has 110 valence electrons. The molecule has 1 amide bonds. The van der Waals surface area contributed by atoms with E-state index in [1.807, 2.05) is 30.3 Å². The summed E-state index contributed by atoms with van der Waals surface area (Å²) in [5, 5.41) is 13.0. The van der Waals surface area contributed by atoms with Crippen molar-refractivity contribution in [3.63, 3.8) is 0 Å². The molecule has 2 rings (SSSR count). The number of rotatable bonds is 5. The van der Waals surface area contributed by atoms with Crippen LogP contribution in [0.4, 0.5) is 0 Å². The van der Waals surface area contributed by atoms with Crippen LogP contribution in [0.25, 0.3) is 0 Å². The Bertz CT molecular complexity index is 416. The molecule has 4 heteroatoms. The van der Waals surface area contributed by atoms with E-state index < -0.39 is 12.1 Å². The molecule has 1 unspecified atom stereocenters. The lowest BCUT2D eigenvalue weighted by molar-refractivity contribution is -0.131. The van der Waals surface area contributed by atoms with Crippen molar-refractivity contribution in [2.24, 2.45) is 5.73 Å². The second-order valence-electron chi connectivity index (χ2n) is 5.64. The highest BCUT2D eigenvalue weighted by molar-refractivity contribution is 5.81. The minimum absolute atomic E-state index is 0.204. The molecule has 1 fully saturated rings. The van der Waals surface area contributed by atoms with E-state index in [0.717, 1.165) is 31.2 Å². The lowest BCUT2D eigenvalue weighted by Crippen LogP contribution is -2.50. The number of nitrogens with two attached hydrogens (primary N) is 1. The molecule has 0 bridgehead atoms. The van der Waals surface area contributed by atoms with Crippen LogP contribution in [0.1, 0.15) is 37.7 Å². The lowest BCUT2D eigenvalue weighted by Gasteiger charge is -2.25. The van der Waals surface area contributed by atoms with Crippen molar-refractivity contribution < 1.29 is 9.90 Å². The van der Waals surface area contributed by atoms with Crippen LogP contribution in [-0.4, -0.2) is 29.2 Å². The van der Waals surface area contributed by atoms with Gasteiger partial charge >= 0.3 is 0 Å². The second kappa shape index (κ2) is 7.41. The highest BCUT2D eigenvalue weighted by Gasteiger charge is 2.25. The number of hydrogen-bond donors (Lipinski definition) is 3. The summed E-state index contributed by atoms with van der Waals surface area (Å²) in [5.41, 5.74) is 6.98. The first kappa shape index (κ1) is 15.0. The molecular weight excluding hydrogens is 252 g/mol. The number of aliphatic hydroxyl groups is 1. The zero-order chi connectivity index (χ0) is 14.4. The standard InChI is InChI=1S/C16H24N2O2/c17-14(11-12-7-3-1-4-8-12)15(19)16(20)18-13-9-5-2-6-10-13/h1,3-4,7-8,13-15,19H,2,5-6,9-11,17H2,(H,18,20)/t14-,15?/m0/s1. The van der Waals surface area contributed by atoms with Gasteiger partial charge < -0.3 is 16.2 Å². The summed E-state index contributed by atoms with van der Waals surface area (Å²) < 4.78 is 0. The number of benzene rings is 1. The van der Waals surface area contributed by atoms with Crippen molar-refractivity contribution in [2.45, 2.75) is 56.7 Å². The monoisotopic (exact) mass is 276 g/mol. The largest absolute Gasteiger partial charge is 0.382 e. The van der Waals surface area contributed by atoms with Crippen LogP contribution in [0.15, 0.2) is 30.3 Å². The van der Waals surface area contributed by atoms with E-state index in [0.29, 0.717) is 6.42 Å². The number of aliphatic hydroxyl groups excluding tert-OH is 1. The van der Waals surface area contributed by atoms with Crippen LogP contribution in [0, 0.1) is 0 Å². The summed E-state index contributed by atoms with van der Waals surface area (Å²) in [4.78, 5) is 12.0. The fourth-order valence-corrected chi connectivity index (χ4v) is 2.73. The second-order valence-corrected chi connectivity index (χ2v) is 5.64. The average molecular weight is 276 g/mol. The van der Waals surface area contributed by atoms with E-state index in [9.17, 15) is 9.90 Å². The molecule has 1 aliphatic rings. The van der Waals surface area contributed by atoms with Crippen LogP contribution >= 0.6 is 0 Å². The van der Waals surface area contributed by atoms with E-state index in [-0.39, 0.29) is 11.9 Å². The summed E-state index contributed by atoms with van der Waals surface area (Å²) >= 11 is 0. The molecule has 1 aromatic rings. The molecule has 0 heterocycles. The van der Waals surface area contributed by atoms with Gasteiger partial charge in [-0.2, -0.15) is 0 Å². The van der Waals surface area contributed by atoms with Gasteiger partial charge in [0, 0.05) is 12.1 Å². The quantitative estimate of drug-likeness (QED) is 0.760. The third-order valence-corrected chi connectivity index (χ3v) is 3.94. The normalized spacial score (nSPS) is 19.3. The van der Waals surface area contributed by atoms with Gasteiger partial charge in [0.25, 0.3) is 5.91 Å². The highest BCUT2D eigenvalue weighted by Crippen LogP contribution is 2.17. The van der Waals surface area contributed by atoms with E-state index in [4.69, 9.17) is 5.73 Å². The van der Waals surface area contributed by atoms with Crippen molar-refractivity contribution in [2.75, 3.05) is 0 Å². The van der Waals surface area contributed by atoms with E-state index in [1.54, 1.807) is 0 Å². The van der Waals surface area contributed by atoms with Gasteiger partial charge in [0.05, 0.1) is 0 Å². The first-order valence-corrected chi connectivity index (χ1v) is 7.45. The Morgan fingerprint density at radius 3 is 2.55 bits per heavy atom. The van der Waals surface area contributed by atoms with Gasteiger partial charge in [-0.25, -0.2) is 0 Å². The molecule has 20 heavy (non-hydrogen) atoms. The first-order valence-electron chi connectivity index (χ1n) is 7.45. The Labute approximate surface area is 120 Å². The summed E-state index contributed by atoms with van der Waals surface area (Å²) in [5.74, 6) is -0.333. The Morgan fingerprint density at radius 1 is 1.25 bits per heavy atom. The first-order chi connectivity index (χ1) is 9.66. The Morgan fingerprint density at radius 2 is 1.90 bits per heavy atom. The number of carbonyl (C=O) groups is 1. The van der Waals surface area contributed by atoms with Gasteiger partial charge in [0.15, 0.2) is 0 Å². The van der Waals surface area contributed by atoms with Crippen LogP contribution < -0.4 is 11.1 Å². The Hall–Kier alpha value is -1.39. The molecule has 1 saturated carbocycles. The molecular formula is C16H24N2O2. The van der Waals surface area contributed by atoms with Gasteiger partial charge in [-0.1, -0.05) is 49.6 Å². The predicted molar refractivity (Wildman–Crippen MR) is 79.1 cm³/mol. The Balaban J connectivity index is 1.82. The highest BCUT2D eigenvalue weighted by atomic mass is 16.3. The summed E-state index contributed by atoms with van der Waals surface area (Å²) in [6.07, 6.45) is 4.91. The van der Waals surface area contributed by atoms with E-state index >= 15 is 0 Å². The SMILES string of the molecule is N[C@@H](Cc1ccccc1)C(O)C(=O)NC1CCCCC1. The van der Waals surface area contributed by atoms with Crippen LogP contribution in [0.5, 0.6) is 0 Å². The third-order valence-electron chi connectivity index (χ3n) is 3.94. The molecule has 1 aromatic carbocycles. The minimum Gasteiger partial charge on any atom is -0.382 e. The maximum Gasteiger partial charge on any atom is 0.250 e. The smallest absolute Gasteiger partial charge is 0.250 e. The summed E-state index contributed by atoms with van der Waals surface area (Å²) in [6, 6.07) is 9.32. The lowest BCUT2D eigenvalue weighted by atomic mass is 9.95. The van der Waals surface area contributed by atoms with Crippen LogP contribution in [0.2, 0.25) is 0 Å². The maximum atomic E-state index is 12.0. The Kier molecular flexibility index (Phi) is 5.56. The van der Waals surface area contributed by atoms with Gasteiger partial charge in [0.1, 0.15) is 6.10 Å². The van der Waals surface area contributed by atoms with Gasteiger partial charge in [-0.15, -0.1) is 0 Å². The minimum atomic E-state index is -1.14. The maximum absolute atomic E-state index is 12.0. The molecule has 0 aliphatic heterocycles. The van der Waals surface area contributed by atoms with Crippen molar-refractivity contribution in [3.05, 3.63) is 35.9 Å². The summed E-state index contributed by atoms with van der Waals surface area (Å²) in [6.45, 7) is 0. The number of carbonyl (C=O) groups excluding carboxylic acids is 1. The molecule has 2 atom stereocenters. The van der Waals surface area contributed by atoms with Gasteiger partial charge in [0.2, 0.25) is 0 Å². The van der Waals surface area contributed by atoms with Gasteiger partial charge in [-0.3, -0.25) is 4.79 Å². The zero-order valence-electron chi connectivity index (χ0n) is 11.8. The molecule has 0 aromatic heterocycles. The topological polar surface area (TPSA) is 75.3 Å². The fraction of sp³-hybridized carbons (Fsp3) is 0.562. The van der Waals surface area contributed by atoms with Crippen molar-refractivity contribution >= 4 is 5.91 Å². The number of hydrogen-bond acceptors (Lipinski definition) is 3. The van der Waals surface area contributed by atoms with Crippen molar-refractivity contribution in [1.82, 2.24) is 5.32 Å². The predicted octanol–water partition coefficient (Wildman–Crippen LogP) is 1.37. The molecule has 0 saturated heterocycles. The van der Waals surface area contributed by atoms with E-state index in [2.05, 4.69) is 5.32 Å². The molecule has 0 spiro atoms. The molecule has 4 nitrogen and oxygen atoms in total.